The molecule has 0 aromatic heterocycles. The standard InChI is InChI=1S/C38H40Br2N2/c1-3-5-7-29-9-17-33(18-10-29)41(35-21-13-31(39)14-22-35)37-25-27-38(28-26-37)42(36-23-15-32(40)16-24-36)34-19-11-30(12-20-34)8-6-4-2/h9-25,27H,3-8,26,28H2,1-2H3. The van der Waals surface area contributed by atoms with E-state index < -0.39 is 0 Å². The van der Waals surface area contributed by atoms with Gasteiger partial charge in [-0.25, -0.2) is 0 Å². The smallest absolute Gasteiger partial charge is 0.0459 e. The van der Waals surface area contributed by atoms with Crippen LogP contribution in [0.25, 0.3) is 0 Å². The fraction of sp³-hybridized carbons (Fsp3) is 0.263. The molecule has 4 heteroatoms. The van der Waals surface area contributed by atoms with Crippen LogP contribution in [0.5, 0.6) is 0 Å². The van der Waals surface area contributed by atoms with Crippen LogP contribution in [0, 0.1) is 0 Å². The summed E-state index contributed by atoms with van der Waals surface area (Å²) in [6.45, 7) is 4.50. The number of hydrogen-bond acceptors (Lipinski definition) is 2. The molecule has 0 amide bonds. The van der Waals surface area contributed by atoms with E-state index in [2.05, 4.69) is 165 Å². The summed E-state index contributed by atoms with van der Waals surface area (Å²) in [5, 5.41) is 0. The first-order valence-corrected chi connectivity index (χ1v) is 16.8. The molecule has 5 rings (SSSR count). The van der Waals surface area contributed by atoms with Crippen molar-refractivity contribution in [2.75, 3.05) is 9.80 Å². The highest BCUT2D eigenvalue weighted by Gasteiger charge is 2.22. The lowest BCUT2D eigenvalue weighted by atomic mass is 10.0. The summed E-state index contributed by atoms with van der Waals surface area (Å²) in [6, 6.07) is 35.6. The summed E-state index contributed by atoms with van der Waals surface area (Å²) in [4.78, 5) is 4.83. The highest BCUT2D eigenvalue weighted by atomic mass is 79.9. The molecule has 0 atom stereocenters. The van der Waals surface area contributed by atoms with E-state index in [-0.39, 0.29) is 0 Å². The molecule has 0 N–H and O–H groups in total. The summed E-state index contributed by atoms with van der Waals surface area (Å²) in [5.74, 6) is 0. The molecule has 0 fully saturated rings. The van der Waals surface area contributed by atoms with E-state index in [9.17, 15) is 0 Å². The molecule has 0 aliphatic heterocycles. The summed E-state index contributed by atoms with van der Waals surface area (Å²) in [7, 11) is 0. The lowest BCUT2D eigenvalue weighted by Crippen LogP contribution is -2.22. The highest BCUT2D eigenvalue weighted by molar-refractivity contribution is 9.10. The fourth-order valence-corrected chi connectivity index (χ4v) is 6.04. The number of benzene rings is 4. The maximum absolute atomic E-state index is 3.62. The van der Waals surface area contributed by atoms with Gasteiger partial charge in [0.15, 0.2) is 0 Å². The zero-order valence-electron chi connectivity index (χ0n) is 24.7. The highest BCUT2D eigenvalue weighted by Crippen LogP contribution is 2.39. The first-order valence-electron chi connectivity index (χ1n) is 15.2. The van der Waals surface area contributed by atoms with Gasteiger partial charge in [0.2, 0.25) is 0 Å². The number of unbranched alkanes of at least 4 members (excludes halogenated alkanes) is 2. The Labute approximate surface area is 269 Å². The molecule has 216 valence electrons. The van der Waals surface area contributed by atoms with Gasteiger partial charge in [-0.3, -0.25) is 0 Å². The minimum atomic E-state index is 0.946. The lowest BCUT2D eigenvalue weighted by molar-refractivity contribution is 0.794. The van der Waals surface area contributed by atoms with Crippen LogP contribution in [0.2, 0.25) is 0 Å². The van der Waals surface area contributed by atoms with Crippen molar-refractivity contribution in [3.05, 3.63) is 141 Å². The molecule has 2 nitrogen and oxygen atoms in total. The Kier molecular flexibility index (Phi) is 10.8. The second-order valence-corrected chi connectivity index (χ2v) is 12.8. The van der Waals surface area contributed by atoms with Gasteiger partial charge in [0.1, 0.15) is 0 Å². The first-order chi connectivity index (χ1) is 20.6. The van der Waals surface area contributed by atoms with Crippen molar-refractivity contribution in [2.24, 2.45) is 0 Å². The van der Waals surface area contributed by atoms with Gasteiger partial charge in [-0.15, -0.1) is 0 Å². The van der Waals surface area contributed by atoms with Gasteiger partial charge >= 0.3 is 0 Å². The molecular formula is C38H40Br2N2. The zero-order valence-corrected chi connectivity index (χ0v) is 27.9. The van der Waals surface area contributed by atoms with E-state index in [1.807, 2.05) is 0 Å². The summed E-state index contributed by atoms with van der Waals surface area (Å²) in [6.07, 6.45) is 13.7. The Bertz CT molecular complexity index is 1370. The third-order valence-corrected chi connectivity index (χ3v) is 8.93. The maximum atomic E-state index is 3.62. The Morgan fingerprint density at radius 3 is 1.07 bits per heavy atom. The van der Waals surface area contributed by atoms with E-state index in [4.69, 9.17) is 0 Å². The van der Waals surface area contributed by atoms with E-state index in [1.54, 1.807) is 0 Å². The first kappa shape index (κ1) is 30.4. The van der Waals surface area contributed by atoms with Crippen molar-refractivity contribution in [3.63, 3.8) is 0 Å². The summed E-state index contributed by atoms with van der Waals surface area (Å²) in [5.41, 5.74) is 10.2. The second-order valence-electron chi connectivity index (χ2n) is 11.0. The molecule has 0 radical (unpaired) electrons. The predicted octanol–water partition coefficient (Wildman–Crippen LogP) is 12.4. The van der Waals surface area contributed by atoms with Crippen molar-refractivity contribution in [2.45, 2.75) is 65.2 Å². The predicted molar refractivity (Wildman–Crippen MR) is 188 cm³/mol. The second kappa shape index (κ2) is 14.9. The average molecular weight is 685 g/mol. The minimum absolute atomic E-state index is 0.946. The molecule has 0 saturated heterocycles. The quantitative estimate of drug-likeness (QED) is 0.147. The van der Waals surface area contributed by atoms with Crippen LogP contribution in [0.1, 0.15) is 63.5 Å². The SMILES string of the molecule is CCCCc1ccc(N(C2=CC=C(N(c3ccc(Br)cc3)c3ccc(CCCC)cc3)CC2)c2ccc(Br)cc2)cc1. The van der Waals surface area contributed by atoms with Gasteiger partial charge in [0.25, 0.3) is 0 Å². The van der Waals surface area contributed by atoms with Crippen LogP contribution < -0.4 is 9.80 Å². The third kappa shape index (κ3) is 7.65. The fourth-order valence-electron chi connectivity index (χ4n) is 5.51. The van der Waals surface area contributed by atoms with Crippen LogP contribution in [-0.4, -0.2) is 0 Å². The van der Waals surface area contributed by atoms with Crippen LogP contribution in [0.3, 0.4) is 0 Å². The van der Waals surface area contributed by atoms with Crippen LogP contribution >= 0.6 is 31.9 Å². The average Bonchev–Trinajstić information content (AvgIpc) is 3.03. The molecule has 1 aliphatic rings. The molecule has 0 heterocycles. The van der Waals surface area contributed by atoms with Gasteiger partial charge in [0.05, 0.1) is 0 Å². The van der Waals surface area contributed by atoms with E-state index in [0.29, 0.717) is 0 Å². The molecular weight excluding hydrogens is 644 g/mol. The Balaban J connectivity index is 1.49. The van der Waals surface area contributed by atoms with Crippen LogP contribution in [0.15, 0.2) is 130 Å². The number of anilines is 4. The monoisotopic (exact) mass is 682 g/mol. The maximum Gasteiger partial charge on any atom is 0.0459 e. The Morgan fingerprint density at radius 1 is 0.476 bits per heavy atom. The van der Waals surface area contributed by atoms with E-state index in [1.165, 1.54) is 71.0 Å². The molecule has 1 aliphatic carbocycles. The van der Waals surface area contributed by atoms with E-state index in [0.717, 1.165) is 34.6 Å². The van der Waals surface area contributed by atoms with Crippen molar-refractivity contribution in [3.8, 4) is 0 Å². The Morgan fingerprint density at radius 2 is 0.786 bits per heavy atom. The number of nitrogens with zero attached hydrogens (tertiary/aromatic N) is 2. The van der Waals surface area contributed by atoms with Crippen molar-refractivity contribution < 1.29 is 0 Å². The number of halogens is 2. The molecule has 0 unspecified atom stereocenters. The third-order valence-electron chi connectivity index (χ3n) is 7.88. The molecule has 0 bridgehead atoms. The number of hydrogen-bond donors (Lipinski definition) is 0. The largest absolute Gasteiger partial charge is 0.314 e. The van der Waals surface area contributed by atoms with E-state index >= 15 is 0 Å². The van der Waals surface area contributed by atoms with Crippen molar-refractivity contribution >= 4 is 54.6 Å². The topological polar surface area (TPSA) is 6.48 Å². The van der Waals surface area contributed by atoms with Gasteiger partial charge in [-0.1, -0.05) is 82.8 Å². The number of rotatable bonds is 12. The Hall–Kier alpha value is -3.08. The molecule has 4 aromatic carbocycles. The van der Waals surface area contributed by atoms with Crippen LogP contribution in [0.4, 0.5) is 22.7 Å². The summed E-state index contributed by atoms with van der Waals surface area (Å²) >= 11 is 7.24. The zero-order chi connectivity index (χ0) is 29.3. The van der Waals surface area contributed by atoms with Gasteiger partial charge < -0.3 is 9.80 Å². The molecule has 4 aromatic rings. The number of allylic oxidation sites excluding steroid dienone is 4. The van der Waals surface area contributed by atoms with Gasteiger partial charge in [-0.05, 0) is 135 Å². The lowest BCUT2D eigenvalue weighted by Gasteiger charge is -2.33. The van der Waals surface area contributed by atoms with Gasteiger partial charge in [-0.2, -0.15) is 0 Å². The van der Waals surface area contributed by atoms with Gasteiger partial charge in [0, 0.05) is 43.1 Å². The normalized spacial score (nSPS) is 13.0. The molecule has 0 saturated carbocycles. The van der Waals surface area contributed by atoms with Crippen LogP contribution in [-0.2, 0) is 12.8 Å². The number of aryl methyl sites for hydroxylation is 2. The molecule has 0 spiro atoms. The summed E-state index contributed by atoms with van der Waals surface area (Å²) < 4.78 is 2.18. The minimum Gasteiger partial charge on any atom is -0.314 e. The van der Waals surface area contributed by atoms with Crippen molar-refractivity contribution in [1.82, 2.24) is 0 Å². The van der Waals surface area contributed by atoms with Crippen molar-refractivity contribution in [1.29, 1.82) is 0 Å². The molecule has 42 heavy (non-hydrogen) atoms.